The summed E-state index contributed by atoms with van der Waals surface area (Å²) in [6.07, 6.45) is 5.07. The van der Waals surface area contributed by atoms with Crippen LogP contribution in [0.15, 0.2) is 57.6 Å². The predicted molar refractivity (Wildman–Crippen MR) is 126 cm³/mol. The molecule has 1 aliphatic rings. The number of carbonyl (C=O) groups is 3. The summed E-state index contributed by atoms with van der Waals surface area (Å²) >= 11 is 0. The largest absolute Gasteiger partial charge is 0.464 e. The molecular formula is C26H28FN3O5. The lowest BCUT2D eigenvalue weighted by Crippen LogP contribution is -2.49. The minimum Gasteiger partial charge on any atom is -0.464 e. The molecule has 0 spiro atoms. The lowest BCUT2D eigenvalue weighted by Gasteiger charge is -2.31. The van der Waals surface area contributed by atoms with Gasteiger partial charge in [-0.25, -0.2) is 4.39 Å². The van der Waals surface area contributed by atoms with Gasteiger partial charge < -0.3 is 19.5 Å². The molecule has 2 heterocycles. The Hall–Kier alpha value is -3.88. The molecule has 1 atom stereocenters. The third kappa shape index (κ3) is 5.62. The molecule has 2 N–H and O–H groups in total. The van der Waals surface area contributed by atoms with Crippen molar-refractivity contribution < 1.29 is 27.6 Å². The van der Waals surface area contributed by atoms with Crippen molar-refractivity contribution in [1.29, 1.82) is 0 Å². The van der Waals surface area contributed by atoms with Crippen LogP contribution in [-0.2, 0) is 9.59 Å². The molecule has 1 saturated carbocycles. The lowest BCUT2D eigenvalue weighted by molar-refractivity contribution is -0.127. The Morgan fingerprint density at radius 2 is 1.89 bits per heavy atom. The first-order valence-electron chi connectivity index (χ1n) is 11.6. The lowest BCUT2D eigenvalue weighted by atomic mass is 10.1. The van der Waals surface area contributed by atoms with Crippen molar-refractivity contribution in [2.24, 2.45) is 0 Å². The van der Waals surface area contributed by atoms with Crippen molar-refractivity contribution in [2.75, 3.05) is 11.4 Å². The van der Waals surface area contributed by atoms with Crippen molar-refractivity contribution in [1.82, 2.24) is 10.6 Å². The smallest absolute Gasteiger partial charge is 0.287 e. The highest BCUT2D eigenvalue weighted by atomic mass is 19.1. The van der Waals surface area contributed by atoms with Crippen molar-refractivity contribution in [3.8, 4) is 0 Å². The maximum atomic E-state index is 14.6. The molecule has 2 aromatic heterocycles. The van der Waals surface area contributed by atoms with Gasteiger partial charge in [0.05, 0.1) is 12.8 Å². The maximum Gasteiger partial charge on any atom is 0.287 e. The van der Waals surface area contributed by atoms with Gasteiger partial charge in [-0.2, -0.15) is 0 Å². The Labute approximate surface area is 202 Å². The molecule has 0 aliphatic heterocycles. The Morgan fingerprint density at radius 3 is 2.51 bits per heavy atom. The molecule has 35 heavy (non-hydrogen) atoms. The third-order valence-corrected chi connectivity index (χ3v) is 6.09. The first-order chi connectivity index (χ1) is 16.8. The van der Waals surface area contributed by atoms with E-state index in [1.807, 2.05) is 0 Å². The van der Waals surface area contributed by atoms with E-state index < -0.39 is 36.1 Å². The fourth-order valence-electron chi connectivity index (χ4n) is 4.23. The summed E-state index contributed by atoms with van der Waals surface area (Å²) in [5.41, 5.74) is 0.569. The van der Waals surface area contributed by atoms with E-state index in [0.29, 0.717) is 11.3 Å². The molecule has 8 nitrogen and oxygen atoms in total. The van der Waals surface area contributed by atoms with E-state index in [2.05, 4.69) is 10.6 Å². The van der Waals surface area contributed by atoms with Gasteiger partial charge >= 0.3 is 0 Å². The molecule has 0 saturated heterocycles. The van der Waals surface area contributed by atoms with Gasteiger partial charge in [-0.15, -0.1) is 0 Å². The summed E-state index contributed by atoms with van der Waals surface area (Å²) in [6, 6.07) is 9.45. The van der Waals surface area contributed by atoms with Gasteiger partial charge in [-0.05, 0) is 68.7 Å². The summed E-state index contributed by atoms with van der Waals surface area (Å²) in [5, 5.41) is 5.52. The number of aryl methyl sites for hydroxylation is 2. The van der Waals surface area contributed by atoms with Gasteiger partial charge in [0, 0.05) is 11.7 Å². The van der Waals surface area contributed by atoms with E-state index >= 15 is 0 Å². The van der Waals surface area contributed by atoms with Gasteiger partial charge in [-0.3, -0.25) is 19.3 Å². The Kier molecular flexibility index (Phi) is 7.33. The van der Waals surface area contributed by atoms with Crippen LogP contribution in [0.4, 0.5) is 10.1 Å². The van der Waals surface area contributed by atoms with Gasteiger partial charge in [-0.1, -0.05) is 18.9 Å². The molecule has 0 radical (unpaired) electrons. The Balaban J connectivity index is 1.68. The molecule has 0 unspecified atom stereocenters. The standard InChI is InChI=1S/C26H28FN3O5/c1-16-9-11-19(14-20(16)27)30(23(31)15-28-25(32)22-8-5-13-34-22)24(21-12-10-17(2)35-21)26(33)29-18-6-3-4-7-18/h5,8-14,18,24H,3-4,6-7,15H2,1-2H3,(H,28,32)(H,29,33)/t24-/m0/s1. The van der Waals surface area contributed by atoms with E-state index in [1.54, 1.807) is 38.1 Å². The summed E-state index contributed by atoms with van der Waals surface area (Å²) < 4.78 is 25.4. The minimum atomic E-state index is -1.19. The van der Waals surface area contributed by atoms with Crippen molar-refractivity contribution >= 4 is 23.4 Å². The second kappa shape index (κ2) is 10.6. The number of amides is 3. The van der Waals surface area contributed by atoms with Crippen molar-refractivity contribution in [2.45, 2.75) is 51.6 Å². The maximum absolute atomic E-state index is 14.6. The van der Waals surface area contributed by atoms with E-state index in [-0.39, 0.29) is 23.2 Å². The summed E-state index contributed by atoms with van der Waals surface area (Å²) in [5.74, 6) is -1.31. The third-order valence-electron chi connectivity index (χ3n) is 6.09. The second-order valence-electron chi connectivity index (χ2n) is 8.70. The number of carbonyl (C=O) groups excluding carboxylic acids is 3. The number of hydrogen-bond donors (Lipinski definition) is 2. The van der Waals surface area contributed by atoms with E-state index in [1.165, 1.54) is 29.4 Å². The zero-order chi connectivity index (χ0) is 24.9. The van der Waals surface area contributed by atoms with Crippen LogP contribution in [0, 0.1) is 19.7 Å². The first kappa shape index (κ1) is 24.3. The first-order valence-corrected chi connectivity index (χ1v) is 11.6. The number of benzene rings is 1. The average molecular weight is 482 g/mol. The number of anilines is 1. The van der Waals surface area contributed by atoms with Crippen LogP contribution in [0.1, 0.15) is 59.4 Å². The van der Waals surface area contributed by atoms with Crippen LogP contribution in [0.3, 0.4) is 0 Å². The Morgan fingerprint density at radius 1 is 1.11 bits per heavy atom. The van der Waals surface area contributed by atoms with Gasteiger partial charge in [0.15, 0.2) is 11.8 Å². The van der Waals surface area contributed by atoms with Crippen LogP contribution in [0.2, 0.25) is 0 Å². The Bertz CT molecular complexity index is 1200. The number of nitrogens with zero attached hydrogens (tertiary/aromatic N) is 1. The number of rotatable bonds is 8. The van der Waals surface area contributed by atoms with Crippen LogP contribution in [0.5, 0.6) is 0 Å². The van der Waals surface area contributed by atoms with Gasteiger partial charge in [0.1, 0.15) is 17.3 Å². The number of furan rings is 2. The summed E-state index contributed by atoms with van der Waals surface area (Å²) in [6.45, 7) is 2.90. The van der Waals surface area contributed by atoms with Crippen LogP contribution >= 0.6 is 0 Å². The average Bonchev–Trinajstić information content (AvgIpc) is 3.61. The number of halogens is 1. The monoisotopic (exact) mass is 481 g/mol. The molecule has 0 bridgehead atoms. The van der Waals surface area contributed by atoms with E-state index in [4.69, 9.17) is 8.83 Å². The summed E-state index contributed by atoms with van der Waals surface area (Å²) in [7, 11) is 0. The highest BCUT2D eigenvalue weighted by Gasteiger charge is 2.36. The molecule has 1 aromatic carbocycles. The quantitative estimate of drug-likeness (QED) is 0.502. The molecule has 4 rings (SSSR count). The van der Waals surface area contributed by atoms with Crippen molar-refractivity contribution in [3.05, 3.63) is 77.4 Å². The molecule has 9 heteroatoms. The normalized spacial score (nSPS) is 14.5. The number of hydrogen-bond acceptors (Lipinski definition) is 5. The van der Waals surface area contributed by atoms with Crippen LogP contribution in [0.25, 0.3) is 0 Å². The molecule has 1 aliphatic carbocycles. The fraction of sp³-hybridized carbons (Fsp3) is 0.346. The van der Waals surface area contributed by atoms with Crippen molar-refractivity contribution in [3.63, 3.8) is 0 Å². The van der Waals surface area contributed by atoms with E-state index in [9.17, 15) is 18.8 Å². The SMILES string of the molecule is Cc1ccc([C@@H](C(=O)NC2CCCC2)N(C(=O)CNC(=O)c2ccco2)c2ccc(C)c(F)c2)o1. The van der Waals surface area contributed by atoms with Gasteiger partial charge in [0.2, 0.25) is 5.91 Å². The summed E-state index contributed by atoms with van der Waals surface area (Å²) in [4.78, 5) is 40.6. The molecule has 1 fully saturated rings. The fourth-order valence-corrected chi connectivity index (χ4v) is 4.23. The topological polar surface area (TPSA) is 105 Å². The minimum absolute atomic E-state index is 0.00794. The highest BCUT2D eigenvalue weighted by Crippen LogP contribution is 2.31. The number of nitrogens with one attached hydrogen (secondary N) is 2. The van der Waals surface area contributed by atoms with Crippen LogP contribution in [-0.4, -0.2) is 30.3 Å². The van der Waals surface area contributed by atoms with Gasteiger partial charge in [0.25, 0.3) is 11.8 Å². The molecule has 3 amide bonds. The predicted octanol–water partition coefficient (Wildman–Crippen LogP) is 4.19. The van der Waals surface area contributed by atoms with Crippen LogP contribution < -0.4 is 15.5 Å². The molecular weight excluding hydrogens is 453 g/mol. The highest BCUT2D eigenvalue weighted by molar-refractivity contribution is 6.04. The molecule has 184 valence electrons. The molecule has 3 aromatic rings. The zero-order valence-electron chi connectivity index (χ0n) is 19.7. The zero-order valence-corrected chi connectivity index (χ0v) is 19.7. The second-order valence-corrected chi connectivity index (χ2v) is 8.70. The van der Waals surface area contributed by atoms with E-state index in [0.717, 1.165) is 25.7 Å².